The molecule has 0 spiro atoms. The molecule has 2 rings (SSSR count). The Morgan fingerprint density at radius 2 is 1.63 bits per heavy atom. The molecule has 0 amide bonds. The minimum absolute atomic E-state index is 0.640. The lowest BCUT2D eigenvalue weighted by atomic mass is 9.86. The predicted molar refractivity (Wildman–Crippen MR) is 88.3 cm³/mol. The molecule has 0 aromatic rings. The summed E-state index contributed by atoms with van der Waals surface area (Å²) in [5, 5.41) is 4.18. The molecule has 1 saturated carbocycles. The van der Waals surface area contributed by atoms with E-state index in [9.17, 15) is 0 Å². The summed E-state index contributed by atoms with van der Waals surface area (Å²) in [5.74, 6) is 0.640. The first kappa shape index (κ1) is 20.5. The third kappa shape index (κ3) is 8.04. The summed E-state index contributed by atoms with van der Waals surface area (Å²) < 4.78 is 0. The first-order chi connectivity index (χ1) is 9.38. The second-order valence-electron chi connectivity index (χ2n) is 4.10. The number of allylic oxidation sites excluding steroid dienone is 2. The molecule has 1 heterocycles. The van der Waals surface area contributed by atoms with Gasteiger partial charge in [0.05, 0.1) is 0 Å². The Hall–Kier alpha value is -0.830. The Morgan fingerprint density at radius 1 is 1.05 bits per heavy atom. The van der Waals surface area contributed by atoms with Gasteiger partial charge >= 0.3 is 0 Å². The summed E-state index contributed by atoms with van der Waals surface area (Å²) in [6.45, 7) is 10.2. The van der Waals surface area contributed by atoms with E-state index in [4.69, 9.17) is 0 Å². The van der Waals surface area contributed by atoms with Crippen LogP contribution in [0, 0.1) is 5.92 Å². The van der Waals surface area contributed by atoms with Gasteiger partial charge in [0.2, 0.25) is 0 Å². The van der Waals surface area contributed by atoms with Crippen molar-refractivity contribution in [3.05, 3.63) is 11.3 Å². The van der Waals surface area contributed by atoms with Crippen LogP contribution in [0.4, 0.5) is 0 Å². The van der Waals surface area contributed by atoms with E-state index in [2.05, 4.69) is 29.4 Å². The van der Waals surface area contributed by atoms with Crippen molar-refractivity contribution < 1.29 is 0 Å². The SMILES string of the molecule is CC.CC.CC1=C2CCCCCCC2C=NN1.CN. The van der Waals surface area contributed by atoms with Crippen LogP contribution in [0.5, 0.6) is 0 Å². The van der Waals surface area contributed by atoms with Crippen LogP contribution in [0.25, 0.3) is 0 Å². The molecule has 2 aliphatic rings. The lowest BCUT2D eigenvalue weighted by Gasteiger charge is -2.25. The molecule has 1 fully saturated rings. The van der Waals surface area contributed by atoms with Gasteiger partial charge in [-0.25, -0.2) is 0 Å². The Bertz CT molecular complexity index is 244. The van der Waals surface area contributed by atoms with Crippen LogP contribution in [0.1, 0.15) is 73.1 Å². The average Bonchev–Trinajstić information content (AvgIpc) is 2.47. The summed E-state index contributed by atoms with van der Waals surface area (Å²) in [5.41, 5.74) is 10.5. The van der Waals surface area contributed by atoms with Crippen molar-refractivity contribution in [2.24, 2.45) is 16.8 Å². The van der Waals surface area contributed by atoms with E-state index >= 15 is 0 Å². The second-order valence-corrected chi connectivity index (χ2v) is 4.10. The zero-order chi connectivity index (χ0) is 15.1. The van der Waals surface area contributed by atoms with Crippen molar-refractivity contribution in [2.45, 2.75) is 73.1 Å². The molecule has 1 aliphatic heterocycles. The fourth-order valence-corrected chi connectivity index (χ4v) is 2.32. The number of nitrogens with one attached hydrogen (secondary N) is 1. The molecule has 19 heavy (non-hydrogen) atoms. The molecule has 1 unspecified atom stereocenters. The lowest BCUT2D eigenvalue weighted by Crippen LogP contribution is -2.21. The van der Waals surface area contributed by atoms with Crippen molar-refractivity contribution in [1.82, 2.24) is 5.43 Å². The minimum Gasteiger partial charge on any atom is -0.333 e. The highest BCUT2D eigenvalue weighted by Gasteiger charge is 2.19. The quantitative estimate of drug-likeness (QED) is 0.682. The van der Waals surface area contributed by atoms with Gasteiger partial charge in [-0.15, -0.1) is 0 Å². The number of hydrazone groups is 1. The molecular weight excluding hydrogens is 234 g/mol. The molecular formula is C16H35N3. The molecule has 0 saturated heterocycles. The molecule has 1 atom stereocenters. The number of hydrogen-bond acceptors (Lipinski definition) is 3. The average molecular weight is 269 g/mol. The highest BCUT2D eigenvalue weighted by Crippen LogP contribution is 2.29. The van der Waals surface area contributed by atoms with Crippen molar-refractivity contribution in [1.29, 1.82) is 0 Å². The summed E-state index contributed by atoms with van der Waals surface area (Å²) >= 11 is 0. The summed E-state index contributed by atoms with van der Waals surface area (Å²) in [6.07, 6.45) is 10.2. The number of nitrogens with zero attached hydrogens (tertiary/aromatic N) is 1. The van der Waals surface area contributed by atoms with Gasteiger partial charge in [-0.05, 0) is 38.8 Å². The molecule has 3 heteroatoms. The van der Waals surface area contributed by atoms with Crippen LogP contribution in [0.2, 0.25) is 0 Å². The minimum atomic E-state index is 0.640. The smallest absolute Gasteiger partial charge is 0.0319 e. The number of fused-ring (bicyclic) bond motifs is 1. The maximum atomic E-state index is 4.50. The van der Waals surface area contributed by atoms with E-state index in [1.165, 1.54) is 51.3 Å². The second kappa shape index (κ2) is 15.2. The molecule has 0 bridgehead atoms. The number of rotatable bonds is 0. The van der Waals surface area contributed by atoms with Gasteiger partial charge in [-0.2, -0.15) is 5.10 Å². The van der Waals surface area contributed by atoms with Gasteiger partial charge in [0.15, 0.2) is 0 Å². The van der Waals surface area contributed by atoms with Gasteiger partial charge in [0.1, 0.15) is 0 Å². The molecule has 0 aromatic carbocycles. The fourth-order valence-electron chi connectivity index (χ4n) is 2.32. The van der Waals surface area contributed by atoms with E-state index in [1.54, 1.807) is 5.57 Å². The maximum Gasteiger partial charge on any atom is 0.0319 e. The van der Waals surface area contributed by atoms with Crippen molar-refractivity contribution in [3.8, 4) is 0 Å². The van der Waals surface area contributed by atoms with E-state index in [1.807, 2.05) is 27.7 Å². The molecule has 1 aliphatic carbocycles. The van der Waals surface area contributed by atoms with Crippen LogP contribution in [0.3, 0.4) is 0 Å². The Balaban J connectivity index is 0. The van der Waals surface area contributed by atoms with Gasteiger partial charge in [-0.3, -0.25) is 5.43 Å². The van der Waals surface area contributed by atoms with Gasteiger partial charge in [0.25, 0.3) is 0 Å². The zero-order valence-corrected chi connectivity index (χ0v) is 13.9. The highest BCUT2D eigenvalue weighted by molar-refractivity contribution is 5.66. The van der Waals surface area contributed by atoms with E-state index in [0.717, 1.165) is 0 Å². The van der Waals surface area contributed by atoms with Crippen molar-refractivity contribution >= 4 is 6.21 Å². The van der Waals surface area contributed by atoms with Crippen LogP contribution in [-0.4, -0.2) is 13.3 Å². The normalized spacial score (nSPS) is 20.7. The zero-order valence-electron chi connectivity index (χ0n) is 13.9. The number of nitrogens with two attached hydrogens (primary N) is 1. The lowest BCUT2D eigenvalue weighted by molar-refractivity contribution is 0.516. The third-order valence-electron chi connectivity index (χ3n) is 3.13. The summed E-state index contributed by atoms with van der Waals surface area (Å²) in [4.78, 5) is 0. The first-order valence-corrected chi connectivity index (χ1v) is 7.94. The van der Waals surface area contributed by atoms with Gasteiger partial charge < -0.3 is 5.73 Å². The van der Waals surface area contributed by atoms with E-state index in [0.29, 0.717) is 5.92 Å². The van der Waals surface area contributed by atoms with Crippen molar-refractivity contribution in [2.75, 3.05) is 7.05 Å². The van der Waals surface area contributed by atoms with E-state index in [-0.39, 0.29) is 0 Å². The Labute approximate surface area is 120 Å². The standard InChI is InChI=1S/C11H18N2.2C2H6.CH5N/c1-9-11-7-5-3-2-4-6-10(11)8-12-13-9;3*1-2/h8,10,13H,2-7H2,1H3;2*1-2H3;2H2,1H3. The summed E-state index contributed by atoms with van der Waals surface area (Å²) in [7, 11) is 1.50. The Kier molecular flexibility index (Phi) is 16.4. The van der Waals surface area contributed by atoms with Crippen LogP contribution < -0.4 is 11.2 Å². The number of hydrogen-bond donors (Lipinski definition) is 2. The van der Waals surface area contributed by atoms with Gasteiger partial charge in [0, 0.05) is 17.8 Å². The monoisotopic (exact) mass is 269 g/mol. The molecule has 0 radical (unpaired) electrons. The van der Waals surface area contributed by atoms with Crippen LogP contribution >= 0.6 is 0 Å². The molecule has 3 N–H and O–H groups in total. The third-order valence-corrected chi connectivity index (χ3v) is 3.13. The van der Waals surface area contributed by atoms with Gasteiger partial charge in [-0.1, -0.05) is 47.0 Å². The van der Waals surface area contributed by atoms with E-state index < -0.39 is 0 Å². The van der Waals surface area contributed by atoms with Crippen LogP contribution in [0.15, 0.2) is 16.4 Å². The first-order valence-electron chi connectivity index (χ1n) is 7.94. The topological polar surface area (TPSA) is 50.4 Å². The fraction of sp³-hybridized carbons (Fsp3) is 0.812. The maximum absolute atomic E-state index is 4.50. The molecule has 0 aromatic heterocycles. The molecule has 3 nitrogen and oxygen atoms in total. The van der Waals surface area contributed by atoms with Crippen LogP contribution in [-0.2, 0) is 0 Å². The predicted octanol–water partition coefficient (Wildman–Crippen LogP) is 4.45. The largest absolute Gasteiger partial charge is 0.333 e. The highest BCUT2D eigenvalue weighted by atomic mass is 15.3. The van der Waals surface area contributed by atoms with Crippen molar-refractivity contribution in [3.63, 3.8) is 0 Å². The molecule has 114 valence electrons. The Morgan fingerprint density at radius 3 is 2.26 bits per heavy atom. The summed E-state index contributed by atoms with van der Waals surface area (Å²) in [6, 6.07) is 0.